The monoisotopic (exact) mass is 397 g/mol. The van der Waals surface area contributed by atoms with Gasteiger partial charge in [-0.2, -0.15) is 0 Å². The Morgan fingerprint density at radius 3 is 2.43 bits per heavy atom. The zero-order valence-electron chi connectivity index (χ0n) is 16.8. The molecule has 1 unspecified atom stereocenters. The van der Waals surface area contributed by atoms with Crippen LogP contribution in [0.5, 0.6) is 0 Å². The Kier molecular flexibility index (Phi) is 6.57. The van der Waals surface area contributed by atoms with Gasteiger partial charge in [0.15, 0.2) is 11.9 Å². The molecular weight excluding hydrogens is 370 g/mol. The average molecular weight is 398 g/mol. The number of esters is 1. The van der Waals surface area contributed by atoms with Crippen molar-refractivity contribution < 1.29 is 14.3 Å². The highest BCUT2D eigenvalue weighted by Crippen LogP contribution is 2.47. The molecular formula is C23H27NO3S. The number of fused-ring (bicyclic) bond motifs is 1. The fraction of sp³-hybridized carbons (Fsp3) is 0.391. The molecule has 2 aromatic carbocycles. The normalized spacial score (nSPS) is 21.9. The van der Waals surface area contributed by atoms with Crippen LogP contribution in [0.2, 0.25) is 0 Å². The third-order valence-corrected chi connectivity index (χ3v) is 6.41. The lowest BCUT2D eigenvalue weighted by atomic mass is 9.87. The van der Waals surface area contributed by atoms with Crippen LogP contribution in [0.4, 0.5) is 0 Å². The Hall–Kier alpha value is -2.11. The Morgan fingerprint density at radius 2 is 1.79 bits per heavy atom. The maximum atomic E-state index is 13.6. The van der Waals surface area contributed by atoms with Crippen molar-refractivity contribution in [3.05, 3.63) is 65.2 Å². The maximum Gasteiger partial charge on any atom is 0.303 e. The quantitative estimate of drug-likeness (QED) is 0.701. The molecule has 3 atom stereocenters. The van der Waals surface area contributed by atoms with Gasteiger partial charge < -0.3 is 9.64 Å². The summed E-state index contributed by atoms with van der Waals surface area (Å²) in [5.74, 6) is -0.723. The average Bonchev–Trinajstić information content (AvgIpc) is 2.76. The van der Waals surface area contributed by atoms with Gasteiger partial charge in [0.2, 0.25) is 0 Å². The van der Waals surface area contributed by atoms with Gasteiger partial charge in [0, 0.05) is 17.7 Å². The second-order valence-corrected chi connectivity index (χ2v) is 8.75. The summed E-state index contributed by atoms with van der Waals surface area (Å²) in [7, 11) is 4.00. The number of hydrogen-bond acceptors (Lipinski definition) is 5. The van der Waals surface area contributed by atoms with Gasteiger partial charge in [-0.05, 0) is 51.2 Å². The first-order valence-electron chi connectivity index (χ1n) is 9.54. The third kappa shape index (κ3) is 4.65. The molecule has 1 aliphatic rings. The predicted molar refractivity (Wildman–Crippen MR) is 113 cm³/mol. The second-order valence-electron chi connectivity index (χ2n) is 7.56. The molecule has 0 saturated carbocycles. The number of carbonyl (C=O) groups excluding carboxylic acids is 2. The lowest BCUT2D eigenvalue weighted by Crippen LogP contribution is -2.35. The van der Waals surface area contributed by atoms with Gasteiger partial charge in [-0.25, -0.2) is 0 Å². The fourth-order valence-electron chi connectivity index (χ4n) is 3.56. The van der Waals surface area contributed by atoms with E-state index in [9.17, 15) is 9.59 Å². The fourth-order valence-corrected chi connectivity index (χ4v) is 4.94. The molecule has 0 radical (unpaired) electrons. The van der Waals surface area contributed by atoms with Gasteiger partial charge in [-0.1, -0.05) is 48.0 Å². The van der Waals surface area contributed by atoms with Crippen LogP contribution in [-0.4, -0.2) is 43.4 Å². The van der Waals surface area contributed by atoms with Gasteiger partial charge in [0.05, 0.1) is 5.25 Å². The van der Waals surface area contributed by atoms with Crippen LogP contribution in [0.3, 0.4) is 0 Å². The lowest BCUT2D eigenvalue weighted by Gasteiger charge is -2.25. The molecule has 148 valence electrons. The number of rotatable bonds is 5. The molecule has 0 bridgehead atoms. The third-order valence-electron chi connectivity index (χ3n) is 5.01. The summed E-state index contributed by atoms with van der Waals surface area (Å²) in [5.41, 5.74) is 3.19. The van der Waals surface area contributed by atoms with Crippen molar-refractivity contribution in [1.29, 1.82) is 0 Å². The second kappa shape index (κ2) is 8.93. The number of nitrogens with zero attached hydrogens (tertiary/aromatic N) is 1. The standard InChI is InChI=1S/C23H27NO3S/c1-15-9-11-17(12-10-15)23-22(27-16(2)25)21(26)19(13-14-24(3)4)18-7-5-6-8-20(18)28-23/h5-12,19,22-23H,13-14H2,1-4H3/t19?,22-,23-/m0/s1. The van der Waals surface area contributed by atoms with Gasteiger partial charge >= 0.3 is 5.97 Å². The minimum absolute atomic E-state index is 0.0138. The topological polar surface area (TPSA) is 46.6 Å². The number of benzene rings is 2. The predicted octanol–water partition coefficient (Wildman–Crippen LogP) is 4.38. The van der Waals surface area contributed by atoms with E-state index in [1.807, 2.05) is 63.5 Å². The molecule has 2 aromatic rings. The van der Waals surface area contributed by atoms with Crippen molar-refractivity contribution in [1.82, 2.24) is 4.90 Å². The van der Waals surface area contributed by atoms with Crippen molar-refractivity contribution in [2.45, 2.75) is 42.4 Å². The molecule has 0 fully saturated rings. The van der Waals surface area contributed by atoms with Crippen molar-refractivity contribution in [2.75, 3.05) is 20.6 Å². The molecule has 0 saturated heterocycles. The van der Waals surface area contributed by atoms with Crippen LogP contribution in [0.1, 0.15) is 41.2 Å². The van der Waals surface area contributed by atoms with E-state index >= 15 is 0 Å². The SMILES string of the molecule is CC(=O)O[C@H]1C(=O)C(CCN(C)C)c2ccccc2S[C@H]1c1ccc(C)cc1. The van der Waals surface area contributed by atoms with E-state index < -0.39 is 12.1 Å². The number of ketones is 1. The number of aryl methyl sites for hydroxylation is 1. The molecule has 1 aliphatic heterocycles. The van der Waals surface area contributed by atoms with Crippen molar-refractivity contribution in [3.63, 3.8) is 0 Å². The number of thioether (sulfide) groups is 1. The van der Waals surface area contributed by atoms with Crippen LogP contribution in [0.25, 0.3) is 0 Å². The van der Waals surface area contributed by atoms with E-state index in [-0.39, 0.29) is 17.0 Å². The van der Waals surface area contributed by atoms with Crippen LogP contribution >= 0.6 is 11.8 Å². The number of carbonyl (C=O) groups is 2. The minimum Gasteiger partial charge on any atom is -0.453 e. The molecule has 3 rings (SSSR count). The molecule has 28 heavy (non-hydrogen) atoms. The van der Waals surface area contributed by atoms with E-state index in [0.717, 1.165) is 28.1 Å². The van der Waals surface area contributed by atoms with Crippen molar-refractivity contribution in [3.8, 4) is 0 Å². The zero-order chi connectivity index (χ0) is 20.3. The van der Waals surface area contributed by atoms with Crippen LogP contribution in [0, 0.1) is 6.92 Å². The van der Waals surface area contributed by atoms with E-state index in [1.165, 1.54) is 6.92 Å². The Balaban J connectivity index is 2.07. The molecule has 5 heteroatoms. The number of ether oxygens (including phenoxy) is 1. The number of Topliss-reactive ketones (excluding diaryl/α,β-unsaturated/α-hetero) is 1. The van der Waals surface area contributed by atoms with E-state index in [0.29, 0.717) is 6.42 Å². The summed E-state index contributed by atoms with van der Waals surface area (Å²) in [6.07, 6.45) is -0.105. The summed E-state index contributed by atoms with van der Waals surface area (Å²) in [5, 5.41) is -0.262. The smallest absolute Gasteiger partial charge is 0.303 e. The summed E-state index contributed by atoms with van der Waals surface area (Å²) in [4.78, 5) is 28.6. The molecule has 0 N–H and O–H groups in total. The first-order valence-corrected chi connectivity index (χ1v) is 10.4. The van der Waals surface area contributed by atoms with Crippen molar-refractivity contribution in [2.24, 2.45) is 0 Å². The van der Waals surface area contributed by atoms with Crippen LogP contribution in [-0.2, 0) is 14.3 Å². The maximum absolute atomic E-state index is 13.6. The van der Waals surface area contributed by atoms with Crippen LogP contribution < -0.4 is 0 Å². The highest BCUT2D eigenvalue weighted by atomic mass is 32.2. The summed E-state index contributed by atoms with van der Waals surface area (Å²) in [6, 6.07) is 16.2. The lowest BCUT2D eigenvalue weighted by molar-refractivity contribution is -0.153. The summed E-state index contributed by atoms with van der Waals surface area (Å²) >= 11 is 1.62. The number of hydrogen-bond donors (Lipinski definition) is 0. The minimum atomic E-state index is -0.801. The van der Waals surface area contributed by atoms with E-state index in [4.69, 9.17) is 4.74 Å². The highest BCUT2D eigenvalue weighted by Gasteiger charge is 2.41. The van der Waals surface area contributed by atoms with Gasteiger partial charge in [-0.15, -0.1) is 11.8 Å². The molecule has 4 nitrogen and oxygen atoms in total. The summed E-state index contributed by atoms with van der Waals surface area (Å²) < 4.78 is 5.63. The first-order chi connectivity index (χ1) is 13.4. The van der Waals surface area contributed by atoms with Gasteiger partial charge in [-0.3, -0.25) is 9.59 Å². The Labute approximate surface area is 171 Å². The van der Waals surface area contributed by atoms with Crippen molar-refractivity contribution >= 4 is 23.5 Å². The van der Waals surface area contributed by atoms with E-state index in [1.54, 1.807) is 11.8 Å². The molecule has 0 spiro atoms. The highest BCUT2D eigenvalue weighted by molar-refractivity contribution is 7.99. The largest absolute Gasteiger partial charge is 0.453 e. The van der Waals surface area contributed by atoms with E-state index in [2.05, 4.69) is 11.0 Å². The Morgan fingerprint density at radius 1 is 1.11 bits per heavy atom. The zero-order valence-corrected chi connectivity index (χ0v) is 17.7. The molecule has 0 amide bonds. The molecule has 1 heterocycles. The van der Waals surface area contributed by atoms with Gasteiger partial charge in [0.1, 0.15) is 0 Å². The summed E-state index contributed by atoms with van der Waals surface area (Å²) in [6.45, 7) is 4.19. The molecule has 0 aromatic heterocycles. The Bertz CT molecular complexity index is 847. The van der Waals surface area contributed by atoms with Crippen LogP contribution in [0.15, 0.2) is 53.4 Å². The first kappa shape index (κ1) is 20.6. The van der Waals surface area contributed by atoms with Gasteiger partial charge in [0.25, 0.3) is 0 Å². The molecule has 0 aliphatic carbocycles.